The van der Waals surface area contributed by atoms with Gasteiger partial charge in [-0.2, -0.15) is 0 Å². The van der Waals surface area contributed by atoms with E-state index in [2.05, 4.69) is 15.6 Å². The van der Waals surface area contributed by atoms with Crippen LogP contribution in [0.4, 0.5) is 0 Å². The highest BCUT2D eigenvalue weighted by molar-refractivity contribution is 8.02. The number of methoxy groups -OCH3 is 2. The van der Waals surface area contributed by atoms with Crippen LogP contribution in [-0.2, 0) is 0 Å². The number of hydrogen-bond donors (Lipinski definition) is 1. The molecule has 25 heavy (non-hydrogen) atoms. The summed E-state index contributed by atoms with van der Waals surface area (Å²) in [4.78, 5) is 0. The van der Waals surface area contributed by atoms with Gasteiger partial charge in [0.25, 0.3) is 0 Å². The first-order valence-electron chi connectivity index (χ1n) is 7.67. The molecule has 6 nitrogen and oxygen atoms in total. The van der Waals surface area contributed by atoms with Crippen molar-refractivity contribution < 1.29 is 9.47 Å². The Balaban J connectivity index is 1.72. The van der Waals surface area contributed by atoms with Crippen LogP contribution >= 0.6 is 11.8 Å². The number of rotatable bonds is 4. The molecule has 0 fully saturated rings. The number of fused-ring (bicyclic) bond motifs is 1. The second kappa shape index (κ2) is 6.52. The maximum atomic E-state index is 5.46. The molecule has 1 N–H and O–H groups in total. The molecule has 0 atom stereocenters. The van der Waals surface area contributed by atoms with Crippen LogP contribution < -0.4 is 14.9 Å². The fourth-order valence-corrected chi connectivity index (χ4v) is 3.37. The maximum absolute atomic E-state index is 5.46. The smallest absolute Gasteiger partial charge is 0.214 e. The van der Waals surface area contributed by atoms with E-state index >= 15 is 0 Å². The molecule has 0 saturated carbocycles. The number of nitrogens with one attached hydrogen (secondary N) is 1. The zero-order valence-corrected chi connectivity index (χ0v) is 14.6. The van der Waals surface area contributed by atoms with E-state index < -0.39 is 0 Å². The molecule has 1 aromatic heterocycles. The van der Waals surface area contributed by atoms with Crippen LogP contribution in [0.1, 0.15) is 5.56 Å². The SMILES string of the molecule is COc1cccc(C2=CSc3nnc(-c4ccccc4OC)n3N2)c1. The molecule has 0 radical (unpaired) electrons. The molecule has 0 spiro atoms. The second-order valence-corrected chi connectivity index (χ2v) is 6.17. The number of hydrogen-bond acceptors (Lipinski definition) is 6. The molecule has 3 aromatic rings. The van der Waals surface area contributed by atoms with Gasteiger partial charge in [0.05, 0.1) is 25.5 Å². The Morgan fingerprint density at radius 2 is 1.88 bits per heavy atom. The van der Waals surface area contributed by atoms with Gasteiger partial charge in [0.2, 0.25) is 5.16 Å². The Labute approximate surface area is 149 Å². The molecule has 126 valence electrons. The lowest BCUT2D eigenvalue weighted by atomic mass is 10.1. The van der Waals surface area contributed by atoms with E-state index in [1.54, 1.807) is 14.2 Å². The first-order valence-corrected chi connectivity index (χ1v) is 8.55. The molecule has 7 heteroatoms. The Hall–Kier alpha value is -2.93. The molecule has 2 aromatic carbocycles. The number of ether oxygens (including phenoxy) is 2. The largest absolute Gasteiger partial charge is 0.497 e. The molecule has 0 amide bonds. The third-order valence-electron chi connectivity index (χ3n) is 3.88. The Morgan fingerprint density at radius 1 is 1.00 bits per heavy atom. The van der Waals surface area contributed by atoms with Crippen LogP contribution in [0.15, 0.2) is 59.1 Å². The quantitative estimate of drug-likeness (QED) is 0.774. The molecule has 1 aliphatic rings. The van der Waals surface area contributed by atoms with Gasteiger partial charge >= 0.3 is 0 Å². The highest BCUT2D eigenvalue weighted by Gasteiger charge is 2.21. The average molecular weight is 352 g/mol. The molecular formula is C18H16N4O2S. The first kappa shape index (κ1) is 15.6. The topological polar surface area (TPSA) is 61.2 Å². The summed E-state index contributed by atoms with van der Waals surface area (Å²) in [6.07, 6.45) is 0. The summed E-state index contributed by atoms with van der Waals surface area (Å²) in [5.74, 6) is 2.26. The molecule has 1 aliphatic heterocycles. The van der Waals surface area contributed by atoms with Gasteiger partial charge in [-0.15, -0.1) is 10.2 Å². The van der Waals surface area contributed by atoms with Crippen LogP contribution in [0.5, 0.6) is 11.5 Å². The van der Waals surface area contributed by atoms with Gasteiger partial charge in [-0.25, -0.2) is 4.68 Å². The number of thioether (sulfide) groups is 1. The lowest BCUT2D eigenvalue weighted by Gasteiger charge is -2.20. The molecule has 0 unspecified atom stereocenters. The molecule has 0 aliphatic carbocycles. The molecule has 2 heterocycles. The third kappa shape index (κ3) is 2.83. The van der Waals surface area contributed by atoms with Crippen molar-refractivity contribution in [3.05, 3.63) is 59.5 Å². The average Bonchev–Trinajstić information content (AvgIpc) is 3.11. The van der Waals surface area contributed by atoms with E-state index in [-0.39, 0.29) is 0 Å². The van der Waals surface area contributed by atoms with Gasteiger partial charge in [-0.3, -0.25) is 5.43 Å². The second-order valence-electron chi connectivity index (χ2n) is 5.34. The van der Waals surface area contributed by atoms with E-state index in [0.29, 0.717) is 5.82 Å². The highest BCUT2D eigenvalue weighted by Crippen LogP contribution is 2.34. The van der Waals surface area contributed by atoms with Crippen molar-refractivity contribution >= 4 is 17.5 Å². The highest BCUT2D eigenvalue weighted by atomic mass is 32.2. The standard InChI is InChI=1S/C18H16N4O2S/c1-23-13-7-5-6-12(10-13)15-11-25-18-20-19-17(22(18)21-15)14-8-3-4-9-16(14)24-2/h3-11,21H,1-2H3. The van der Waals surface area contributed by atoms with Crippen molar-refractivity contribution in [3.63, 3.8) is 0 Å². The van der Waals surface area contributed by atoms with E-state index in [4.69, 9.17) is 9.47 Å². The van der Waals surface area contributed by atoms with Gasteiger partial charge < -0.3 is 9.47 Å². The Bertz CT molecular complexity index is 952. The van der Waals surface area contributed by atoms with Gasteiger partial charge in [0.1, 0.15) is 11.5 Å². The van der Waals surface area contributed by atoms with Crippen molar-refractivity contribution in [2.45, 2.75) is 5.16 Å². The molecular weight excluding hydrogens is 336 g/mol. The Morgan fingerprint density at radius 3 is 2.72 bits per heavy atom. The normalized spacial score (nSPS) is 12.8. The third-order valence-corrected chi connectivity index (χ3v) is 4.71. The van der Waals surface area contributed by atoms with Crippen molar-refractivity contribution in [2.24, 2.45) is 0 Å². The molecule has 0 bridgehead atoms. The minimum Gasteiger partial charge on any atom is -0.497 e. The summed E-state index contributed by atoms with van der Waals surface area (Å²) >= 11 is 1.52. The van der Waals surface area contributed by atoms with Crippen molar-refractivity contribution in [1.29, 1.82) is 0 Å². The number of nitrogens with zero attached hydrogens (tertiary/aromatic N) is 3. The van der Waals surface area contributed by atoms with Crippen molar-refractivity contribution in [1.82, 2.24) is 14.9 Å². The van der Waals surface area contributed by atoms with Crippen LogP contribution in [0, 0.1) is 0 Å². The summed E-state index contributed by atoms with van der Waals surface area (Å²) in [6, 6.07) is 15.7. The summed E-state index contributed by atoms with van der Waals surface area (Å²) < 4.78 is 12.6. The van der Waals surface area contributed by atoms with Gasteiger partial charge in [0, 0.05) is 11.0 Å². The minimum atomic E-state index is 0.702. The summed E-state index contributed by atoms with van der Waals surface area (Å²) in [6.45, 7) is 0. The van der Waals surface area contributed by atoms with Crippen LogP contribution in [0.3, 0.4) is 0 Å². The van der Waals surface area contributed by atoms with E-state index in [1.165, 1.54) is 11.8 Å². The van der Waals surface area contributed by atoms with Crippen LogP contribution in [-0.4, -0.2) is 29.1 Å². The number of para-hydroxylation sites is 1. The molecule has 4 rings (SSSR count). The zero-order valence-electron chi connectivity index (χ0n) is 13.8. The fraction of sp³-hybridized carbons (Fsp3) is 0.111. The van der Waals surface area contributed by atoms with E-state index in [1.807, 2.05) is 58.6 Å². The summed E-state index contributed by atoms with van der Waals surface area (Å²) in [5, 5.41) is 11.4. The lowest BCUT2D eigenvalue weighted by Crippen LogP contribution is -2.18. The van der Waals surface area contributed by atoms with Crippen molar-refractivity contribution in [2.75, 3.05) is 19.6 Å². The minimum absolute atomic E-state index is 0.702. The Kier molecular flexibility index (Phi) is 4.07. The fourth-order valence-electron chi connectivity index (χ4n) is 2.63. The maximum Gasteiger partial charge on any atom is 0.214 e. The van der Waals surface area contributed by atoms with E-state index in [0.717, 1.165) is 33.5 Å². The lowest BCUT2D eigenvalue weighted by molar-refractivity contribution is 0.414. The predicted octanol–water partition coefficient (Wildman–Crippen LogP) is 3.61. The van der Waals surface area contributed by atoms with E-state index in [9.17, 15) is 0 Å². The summed E-state index contributed by atoms with van der Waals surface area (Å²) in [7, 11) is 3.31. The predicted molar refractivity (Wildman–Crippen MR) is 98.2 cm³/mol. The van der Waals surface area contributed by atoms with Crippen LogP contribution in [0.25, 0.3) is 17.1 Å². The van der Waals surface area contributed by atoms with Crippen LogP contribution in [0.2, 0.25) is 0 Å². The van der Waals surface area contributed by atoms with Gasteiger partial charge in [-0.1, -0.05) is 36.0 Å². The monoisotopic (exact) mass is 352 g/mol. The number of aromatic nitrogens is 3. The first-order chi connectivity index (χ1) is 12.3. The summed E-state index contributed by atoms with van der Waals surface area (Å²) in [5.41, 5.74) is 6.24. The van der Waals surface area contributed by atoms with Gasteiger partial charge in [0.15, 0.2) is 5.82 Å². The number of benzene rings is 2. The molecule has 0 saturated heterocycles. The van der Waals surface area contributed by atoms with Gasteiger partial charge in [-0.05, 0) is 24.3 Å². The zero-order chi connectivity index (χ0) is 17.2. The van der Waals surface area contributed by atoms with Crippen molar-refractivity contribution in [3.8, 4) is 22.9 Å².